The first-order chi connectivity index (χ1) is 14.4. The van der Waals surface area contributed by atoms with E-state index in [1.54, 1.807) is 0 Å². The van der Waals surface area contributed by atoms with E-state index in [2.05, 4.69) is 34.5 Å². The SMILES string of the molecule is CC(C)(C)[C@@H](C(=O)N[C@H]1CC[C@@H]2CN(Cc3ccccc3)C[C@@H]21)N(C(=O)O)C(C)(C)C. The first-order valence-electron chi connectivity index (χ1n) is 11.5. The Balaban J connectivity index is 1.70. The zero-order valence-corrected chi connectivity index (χ0v) is 19.9. The lowest BCUT2D eigenvalue weighted by molar-refractivity contribution is -0.133. The van der Waals surface area contributed by atoms with Crippen LogP contribution in [0.3, 0.4) is 0 Å². The highest BCUT2D eigenvalue weighted by Gasteiger charge is 2.47. The van der Waals surface area contributed by atoms with Crippen molar-refractivity contribution in [2.24, 2.45) is 17.3 Å². The molecule has 1 aliphatic heterocycles. The van der Waals surface area contributed by atoms with Gasteiger partial charge in [0, 0.05) is 31.2 Å². The van der Waals surface area contributed by atoms with Crippen LogP contribution in [0.1, 0.15) is 59.9 Å². The molecule has 6 heteroatoms. The van der Waals surface area contributed by atoms with E-state index in [0.717, 1.165) is 32.5 Å². The van der Waals surface area contributed by atoms with Gasteiger partial charge in [-0.3, -0.25) is 14.6 Å². The Morgan fingerprint density at radius 3 is 2.29 bits per heavy atom. The van der Waals surface area contributed by atoms with E-state index in [1.165, 1.54) is 10.5 Å². The molecule has 1 aromatic carbocycles. The van der Waals surface area contributed by atoms with Crippen LogP contribution in [0.2, 0.25) is 0 Å². The number of benzene rings is 1. The average Bonchev–Trinajstić information content (AvgIpc) is 3.19. The number of amides is 2. The number of likely N-dealkylation sites (tertiary alicyclic amines) is 1. The van der Waals surface area contributed by atoms with Crippen LogP contribution in [-0.2, 0) is 11.3 Å². The minimum Gasteiger partial charge on any atom is -0.465 e. The van der Waals surface area contributed by atoms with Crippen molar-refractivity contribution in [2.75, 3.05) is 13.1 Å². The normalized spacial score (nSPS) is 25.2. The van der Waals surface area contributed by atoms with E-state index in [9.17, 15) is 14.7 Å². The molecule has 2 N–H and O–H groups in total. The summed E-state index contributed by atoms with van der Waals surface area (Å²) in [6.07, 6.45) is 1.03. The van der Waals surface area contributed by atoms with Crippen molar-refractivity contribution in [2.45, 2.75) is 78.6 Å². The molecular weight excluding hydrogens is 390 g/mol. The fourth-order valence-corrected chi connectivity index (χ4v) is 5.45. The van der Waals surface area contributed by atoms with Gasteiger partial charge in [-0.15, -0.1) is 0 Å². The van der Waals surface area contributed by atoms with Crippen molar-refractivity contribution in [1.82, 2.24) is 15.1 Å². The maximum Gasteiger partial charge on any atom is 0.408 e. The molecule has 2 fully saturated rings. The van der Waals surface area contributed by atoms with Crippen LogP contribution in [0, 0.1) is 17.3 Å². The van der Waals surface area contributed by atoms with Gasteiger partial charge < -0.3 is 10.4 Å². The van der Waals surface area contributed by atoms with E-state index in [1.807, 2.05) is 47.6 Å². The van der Waals surface area contributed by atoms with Gasteiger partial charge in [-0.05, 0) is 56.4 Å². The average molecular weight is 430 g/mol. The molecule has 3 rings (SSSR count). The summed E-state index contributed by atoms with van der Waals surface area (Å²) < 4.78 is 0. The van der Waals surface area contributed by atoms with Crippen molar-refractivity contribution in [1.29, 1.82) is 0 Å². The number of nitrogens with one attached hydrogen (secondary N) is 1. The summed E-state index contributed by atoms with van der Waals surface area (Å²) in [5.41, 5.74) is 0.139. The Hall–Kier alpha value is -2.08. The van der Waals surface area contributed by atoms with E-state index in [4.69, 9.17) is 0 Å². The second kappa shape index (κ2) is 8.81. The molecule has 1 saturated heterocycles. The topological polar surface area (TPSA) is 72.9 Å². The lowest BCUT2D eigenvalue weighted by Crippen LogP contribution is -2.62. The van der Waals surface area contributed by atoms with Gasteiger partial charge in [0.25, 0.3) is 0 Å². The van der Waals surface area contributed by atoms with Crippen molar-refractivity contribution < 1.29 is 14.7 Å². The molecule has 0 aromatic heterocycles. The molecule has 1 heterocycles. The van der Waals surface area contributed by atoms with Gasteiger partial charge in [-0.2, -0.15) is 0 Å². The van der Waals surface area contributed by atoms with E-state index in [0.29, 0.717) is 11.8 Å². The number of carboxylic acid groups (broad SMARTS) is 1. The number of fused-ring (bicyclic) bond motifs is 1. The first-order valence-corrected chi connectivity index (χ1v) is 11.5. The zero-order chi connectivity index (χ0) is 23.0. The minimum absolute atomic E-state index is 0.110. The van der Waals surface area contributed by atoms with Crippen molar-refractivity contribution in [3.63, 3.8) is 0 Å². The zero-order valence-electron chi connectivity index (χ0n) is 19.9. The van der Waals surface area contributed by atoms with Gasteiger partial charge in [0.1, 0.15) is 6.04 Å². The minimum atomic E-state index is -1.05. The summed E-state index contributed by atoms with van der Waals surface area (Å²) in [5, 5.41) is 13.2. The summed E-state index contributed by atoms with van der Waals surface area (Å²) in [7, 11) is 0. The largest absolute Gasteiger partial charge is 0.465 e. The third-order valence-corrected chi connectivity index (χ3v) is 6.76. The molecule has 1 aliphatic carbocycles. The van der Waals surface area contributed by atoms with Crippen LogP contribution in [0.4, 0.5) is 4.79 Å². The van der Waals surface area contributed by atoms with E-state index >= 15 is 0 Å². The molecular formula is C25H39N3O3. The maximum absolute atomic E-state index is 13.5. The Morgan fingerprint density at radius 2 is 1.74 bits per heavy atom. The predicted molar refractivity (Wildman–Crippen MR) is 123 cm³/mol. The highest BCUT2D eigenvalue weighted by Crippen LogP contribution is 2.39. The van der Waals surface area contributed by atoms with Crippen molar-refractivity contribution >= 4 is 12.0 Å². The predicted octanol–water partition coefficient (Wildman–Crippen LogP) is 4.21. The summed E-state index contributed by atoms with van der Waals surface area (Å²) in [4.78, 5) is 29.4. The lowest BCUT2D eigenvalue weighted by Gasteiger charge is -2.44. The van der Waals surface area contributed by atoms with Gasteiger partial charge >= 0.3 is 6.09 Å². The fourth-order valence-electron chi connectivity index (χ4n) is 5.45. The molecule has 2 amide bonds. The molecule has 0 radical (unpaired) electrons. The van der Waals surface area contributed by atoms with E-state index < -0.39 is 23.1 Å². The standard InChI is InChI=1S/C25H39N3O3/c1-24(2,3)21(28(23(30)31)25(4,5)6)22(29)26-20-13-12-18-15-27(16-19(18)20)14-17-10-8-7-9-11-17/h7-11,18-21H,12-16H2,1-6H3,(H,26,29)(H,30,31)/t18-,19+,20+,21-/m1/s1. The molecule has 0 bridgehead atoms. The van der Waals surface area contributed by atoms with Gasteiger partial charge in [-0.25, -0.2) is 4.79 Å². The Labute approximate surface area is 187 Å². The summed E-state index contributed by atoms with van der Waals surface area (Å²) in [6, 6.07) is 9.88. The van der Waals surface area contributed by atoms with Crippen LogP contribution in [-0.4, -0.2) is 57.6 Å². The highest BCUT2D eigenvalue weighted by atomic mass is 16.4. The quantitative estimate of drug-likeness (QED) is 0.736. The molecule has 2 aliphatic rings. The van der Waals surface area contributed by atoms with Crippen LogP contribution in [0.25, 0.3) is 0 Å². The van der Waals surface area contributed by atoms with Crippen LogP contribution >= 0.6 is 0 Å². The van der Waals surface area contributed by atoms with Gasteiger partial charge in [0.15, 0.2) is 0 Å². The monoisotopic (exact) mass is 429 g/mol. The van der Waals surface area contributed by atoms with Crippen LogP contribution in [0.15, 0.2) is 30.3 Å². The second-order valence-corrected chi connectivity index (χ2v) is 11.4. The molecule has 4 atom stereocenters. The first kappa shape index (κ1) is 23.6. The number of carbonyl (C=O) groups is 2. The smallest absolute Gasteiger partial charge is 0.408 e. The molecule has 172 valence electrons. The van der Waals surface area contributed by atoms with E-state index in [-0.39, 0.29) is 11.9 Å². The van der Waals surface area contributed by atoms with Gasteiger partial charge in [0.2, 0.25) is 5.91 Å². The third kappa shape index (κ3) is 5.40. The fraction of sp³-hybridized carbons (Fsp3) is 0.680. The lowest BCUT2D eigenvalue weighted by atomic mass is 9.82. The number of carbonyl (C=O) groups excluding carboxylic acids is 1. The molecule has 31 heavy (non-hydrogen) atoms. The van der Waals surface area contributed by atoms with Gasteiger partial charge in [-0.1, -0.05) is 51.1 Å². The second-order valence-electron chi connectivity index (χ2n) is 11.4. The molecule has 1 aromatic rings. The van der Waals surface area contributed by atoms with Crippen molar-refractivity contribution in [3.8, 4) is 0 Å². The maximum atomic E-state index is 13.5. The van der Waals surface area contributed by atoms with Crippen LogP contribution in [0.5, 0.6) is 0 Å². The number of nitrogens with zero attached hydrogens (tertiary/aromatic N) is 2. The number of hydrogen-bond acceptors (Lipinski definition) is 3. The van der Waals surface area contributed by atoms with Gasteiger partial charge in [0.05, 0.1) is 0 Å². The Kier molecular flexibility index (Phi) is 6.70. The molecule has 6 nitrogen and oxygen atoms in total. The van der Waals surface area contributed by atoms with Crippen molar-refractivity contribution in [3.05, 3.63) is 35.9 Å². The summed E-state index contributed by atoms with van der Waals surface area (Å²) in [6.45, 7) is 14.3. The summed E-state index contributed by atoms with van der Waals surface area (Å²) in [5.74, 6) is 0.860. The molecule has 0 spiro atoms. The molecule has 0 unspecified atom stereocenters. The van der Waals surface area contributed by atoms with Crippen LogP contribution < -0.4 is 5.32 Å². The number of hydrogen-bond donors (Lipinski definition) is 2. The number of rotatable bonds is 5. The molecule has 1 saturated carbocycles. The third-order valence-electron chi connectivity index (χ3n) is 6.76. The summed E-state index contributed by atoms with van der Waals surface area (Å²) >= 11 is 0. The Bertz CT molecular complexity index is 781. The Morgan fingerprint density at radius 1 is 1.10 bits per heavy atom. The highest BCUT2D eigenvalue weighted by molar-refractivity contribution is 5.86.